The number of halogens is 1. The molecule has 0 spiro atoms. The van der Waals surface area contributed by atoms with Gasteiger partial charge in [0.15, 0.2) is 0 Å². The van der Waals surface area contributed by atoms with E-state index in [0.717, 1.165) is 49.9 Å². The lowest BCUT2D eigenvalue weighted by Gasteiger charge is -2.35. The molecule has 6 heteroatoms. The van der Waals surface area contributed by atoms with Crippen LogP contribution in [0.4, 0.5) is 0 Å². The second-order valence-electron chi connectivity index (χ2n) is 7.22. The highest BCUT2D eigenvalue weighted by Gasteiger charge is 2.23. The Balaban J connectivity index is 1.52. The summed E-state index contributed by atoms with van der Waals surface area (Å²) in [5, 5.41) is 3.86. The number of nitrogens with zero attached hydrogens (tertiary/aromatic N) is 1. The quantitative estimate of drug-likeness (QED) is 0.674. The van der Waals surface area contributed by atoms with Crippen molar-refractivity contribution in [2.45, 2.75) is 25.3 Å². The predicted molar refractivity (Wildman–Crippen MR) is 116 cm³/mol. The summed E-state index contributed by atoms with van der Waals surface area (Å²) in [6.45, 7) is 3.77. The Kier molecular flexibility index (Phi) is 8.35. The van der Waals surface area contributed by atoms with Crippen molar-refractivity contribution in [3.63, 3.8) is 0 Å². The molecule has 5 nitrogen and oxygen atoms in total. The van der Waals surface area contributed by atoms with Crippen molar-refractivity contribution in [1.29, 1.82) is 0 Å². The van der Waals surface area contributed by atoms with Gasteiger partial charge in [-0.1, -0.05) is 35.9 Å². The van der Waals surface area contributed by atoms with Crippen molar-refractivity contribution in [1.82, 2.24) is 10.2 Å². The number of methoxy groups -OCH3 is 1. The number of hydrogen-bond acceptors (Lipinski definition) is 4. The van der Waals surface area contributed by atoms with Gasteiger partial charge >= 0.3 is 0 Å². The lowest BCUT2D eigenvalue weighted by Crippen LogP contribution is -2.43. The summed E-state index contributed by atoms with van der Waals surface area (Å²) in [4.78, 5) is 14.8. The molecule has 0 aliphatic carbocycles. The van der Waals surface area contributed by atoms with E-state index in [0.29, 0.717) is 13.0 Å². The molecule has 1 aliphatic rings. The van der Waals surface area contributed by atoms with Gasteiger partial charge in [-0.05, 0) is 48.2 Å². The van der Waals surface area contributed by atoms with Crippen molar-refractivity contribution in [3.8, 4) is 5.75 Å². The Morgan fingerprint density at radius 2 is 1.83 bits per heavy atom. The Morgan fingerprint density at radius 1 is 1.14 bits per heavy atom. The van der Waals surface area contributed by atoms with Crippen LogP contribution < -0.4 is 10.1 Å². The SMILES string of the molecule is COc1ccc(C(CNC(=O)CCCc2ccc(Cl)cc2)N2CCOCC2)cc1. The summed E-state index contributed by atoms with van der Waals surface area (Å²) in [6, 6.07) is 16.0. The highest BCUT2D eigenvalue weighted by molar-refractivity contribution is 6.30. The van der Waals surface area contributed by atoms with Gasteiger partial charge < -0.3 is 14.8 Å². The van der Waals surface area contributed by atoms with E-state index in [1.165, 1.54) is 11.1 Å². The van der Waals surface area contributed by atoms with E-state index in [1.807, 2.05) is 36.4 Å². The van der Waals surface area contributed by atoms with Crippen molar-refractivity contribution in [2.75, 3.05) is 40.0 Å². The van der Waals surface area contributed by atoms with Gasteiger partial charge in [-0.2, -0.15) is 0 Å². The van der Waals surface area contributed by atoms with Gasteiger partial charge in [0, 0.05) is 31.1 Å². The fraction of sp³-hybridized carbons (Fsp3) is 0.435. The molecule has 29 heavy (non-hydrogen) atoms. The van der Waals surface area contributed by atoms with E-state index in [1.54, 1.807) is 7.11 Å². The Bertz CT molecular complexity index is 759. The topological polar surface area (TPSA) is 50.8 Å². The fourth-order valence-electron chi connectivity index (χ4n) is 3.58. The van der Waals surface area contributed by atoms with E-state index >= 15 is 0 Å². The molecule has 1 N–H and O–H groups in total. The minimum Gasteiger partial charge on any atom is -0.497 e. The number of amides is 1. The van der Waals surface area contributed by atoms with Gasteiger partial charge in [-0.15, -0.1) is 0 Å². The molecule has 1 unspecified atom stereocenters. The summed E-state index contributed by atoms with van der Waals surface area (Å²) in [5.41, 5.74) is 2.38. The normalized spacial score (nSPS) is 15.7. The highest BCUT2D eigenvalue weighted by atomic mass is 35.5. The number of benzene rings is 2. The summed E-state index contributed by atoms with van der Waals surface area (Å²) >= 11 is 5.92. The molecule has 1 heterocycles. The van der Waals surface area contributed by atoms with Crippen LogP contribution in [-0.2, 0) is 16.0 Å². The van der Waals surface area contributed by atoms with Gasteiger partial charge in [0.2, 0.25) is 5.91 Å². The maximum atomic E-state index is 12.4. The van der Waals surface area contributed by atoms with Crippen LogP contribution >= 0.6 is 11.6 Å². The zero-order valence-electron chi connectivity index (χ0n) is 16.9. The van der Waals surface area contributed by atoms with Crippen LogP contribution in [-0.4, -0.2) is 50.8 Å². The van der Waals surface area contributed by atoms with E-state index in [-0.39, 0.29) is 11.9 Å². The first kappa shape index (κ1) is 21.6. The predicted octanol–water partition coefficient (Wildman–Crippen LogP) is 3.86. The van der Waals surface area contributed by atoms with Crippen LogP contribution in [0.5, 0.6) is 5.75 Å². The van der Waals surface area contributed by atoms with Crippen LogP contribution in [0.15, 0.2) is 48.5 Å². The third-order valence-corrected chi connectivity index (χ3v) is 5.51. The first-order valence-electron chi connectivity index (χ1n) is 10.1. The molecule has 2 aromatic rings. The average molecular weight is 417 g/mol. The smallest absolute Gasteiger partial charge is 0.220 e. The maximum Gasteiger partial charge on any atom is 0.220 e. The molecular weight excluding hydrogens is 388 g/mol. The molecule has 3 rings (SSSR count). The second-order valence-corrected chi connectivity index (χ2v) is 7.66. The molecule has 0 aromatic heterocycles. The zero-order chi connectivity index (χ0) is 20.5. The largest absolute Gasteiger partial charge is 0.497 e. The van der Waals surface area contributed by atoms with Crippen molar-refractivity contribution in [2.24, 2.45) is 0 Å². The summed E-state index contributed by atoms with van der Waals surface area (Å²) in [5.74, 6) is 0.923. The molecular formula is C23H29ClN2O3. The number of carbonyl (C=O) groups excluding carboxylic acids is 1. The van der Waals surface area contributed by atoms with Gasteiger partial charge in [0.05, 0.1) is 26.4 Å². The summed E-state index contributed by atoms with van der Waals surface area (Å²) < 4.78 is 10.8. The van der Waals surface area contributed by atoms with E-state index in [2.05, 4.69) is 22.3 Å². The van der Waals surface area contributed by atoms with Crippen molar-refractivity contribution >= 4 is 17.5 Å². The number of rotatable bonds is 9. The molecule has 1 atom stereocenters. The minimum atomic E-state index is 0.0886. The van der Waals surface area contributed by atoms with Crippen LogP contribution in [0, 0.1) is 0 Å². The third kappa shape index (κ3) is 6.74. The van der Waals surface area contributed by atoms with Crippen LogP contribution in [0.1, 0.15) is 30.0 Å². The number of aryl methyl sites for hydroxylation is 1. The van der Waals surface area contributed by atoms with Crippen molar-refractivity contribution in [3.05, 3.63) is 64.7 Å². The molecule has 0 saturated carbocycles. The monoisotopic (exact) mass is 416 g/mol. The number of ether oxygens (including phenoxy) is 2. The molecule has 2 aromatic carbocycles. The highest BCUT2D eigenvalue weighted by Crippen LogP contribution is 2.23. The van der Waals surface area contributed by atoms with Gasteiger partial charge in [0.1, 0.15) is 5.75 Å². The fourth-order valence-corrected chi connectivity index (χ4v) is 3.70. The summed E-state index contributed by atoms with van der Waals surface area (Å²) in [6.07, 6.45) is 2.20. The zero-order valence-corrected chi connectivity index (χ0v) is 17.7. The van der Waals surface area contributed by atoms with Crippen LogP contribution in [0.3, 0.4) is 0 Å². The lowest BCUT2D eigenvalue weighted by atomic mass is 10.0. The van der Waals surface area contributed by atoms with E-state index < -0.39 is 0 Å². The van der Waals surface area contributed by atoms with Crippen LogP contribution in [0.2, 0.25) is 5.02 Å². The van der Waals surface area contributed by atoms with Gasteiger partial charge in [-0.3, -0.25) is 9.69 Å². The molecule has 1 fully saturated rings. The third-order valence-electron chi connectivity index (χ3n) is 5.26. The lowest BCUT2D eigenvalue weighted by molar-refractivity contribution is -0.121. The average Bonchev–Trinajstić information content (AvgIpc) is 2.76. The van der Waals surface area contributed by atoms with E-state index in [4.69, 9.17) is 21.1 Å². The number of morpholine rings is 1. The summed E-state index contributed by atoms with van der Waals surface area (Å²) in [7, 11) is 1.67. The number of carbonyl (C=O) groups is 1. The number of hydrogen-bond donors (Lipinski definition) is 1. The van der Waals surface area contributed by atoms with Crippen molar-refractivity contribution < 1.29 is 14.3 Å². The van der Waals surface area contributed by atoms with Crippen LogP contribution in [0.25, 0.3) is 0 Å². The molecule has 1 saturated heterocycles. The second kappa shape index (κ2) is 11.2. The standard InChI is InChI=1S/C23H29ClN2O3/c1-28-21-11-7-19(8-12-21)22(26-13-15-29-16-14-26)17-25-23(27)4-2-3-18-5-9-20(24)10-6-18/h5-12,22H,2-4,13-17H2,1H3,(H,25,27). The molecule has 0 radical (unpaired) electrons. The molecule has 1 amide bonds. The Labute approximate surface area is 177 Å². The van der Waals surface area contributed by atoms with E-state index in [9.17, 15) is 4.79 Å². The molecule has 0 bridgehead atoms. The van der Waals surface area contributed by atoms with Gasteiger partial charge in [0.25, 0.3) is 0 Å². The molecule has 1 aliphatic heterocycles. The first-order chi connectivity index (χ1) is 14.2. The first-order valence-corrected chi connectivity index (χ1v) is 10.5. The Morgan fingerprint density at radius 3 is 2.48 bits per heavy atom. The minimum absolute atomic E-state index is 0.0886. The Hall–Kier alpha value is -2.08. The number of nitrogens with one attached hydrogen (secondary N) is 1. The van der Waals surface area contributed by atoms with Gasteiger partial charge in [-0.25, -0.2) is 0 Å². The molecule has 156 valence electrons. The maximum absolute atomic E-state index is 12.4.